The van der Waals surface area contributed by atoms with Crippen LogP contribution in [-0.4, -0.2) is 20.7 Å². The van der Waals surface area contributed by atoms with Gasteiger partial charge in [-0.25, -0.2) is 8.42 Å². The summed E-state index contributed by atoms with van der Waals surface area (Å²) in [7, 11) is -3.10. The lowest BCUT2D eigenvalue weighted by Crippen LogP contribution is -2.22. The third-order valence-electron chi connectivity index (χ3n) is 4.48. The summed E-state index contributed by atoms with van der Waals surface area (Å²) in [6, 6.07) is 4.35. The Morgan fingerprint density at radius 3 is 2.70 bits per heavy atom. The standard InChI is InChI=1S/C16H23NO2S/c1-2-8-17-15-7-4-9-20(18,19)16-11-13-6-3-5-12(13)10-14(15)16/h10-11,15,17H,2-9H2,1H3. The van der Waals surface area contributed by atoms with Crippen molar-refractivity contribution in [1.29, 1.82) is 0 Å². The van der Waals surface area contributed by atoms with Crippen molar-refractivity contribution in [2.75, 3.05) is 12.3 Å². The highest BCUT2D eigenvalue weighted by molar-refractivity contribution is 7.91. The van der Waals surface area contributed by atoms with E-state index in [4.69, 9.17) is 0 Å². The van der Waals surface area contributed by atoms with Crippen LogP contribution >= 0.6 is 0 Å². The summed E-state index contributed by atoms with van der Waals surface area (Å²) in [5.41, 5.74) is 3.64. The molecule has 0 fully saturated rings. The Morgan fingerprint density at radius 2 is 1.95 bits per heavy atom. The van der Waals surface area contributed by atoms with Gasteiger partial charge >= 0.3 is 0 Å². The molecule has 0 bridgehead atoms. The Labute approximate surface area is 121 Å². The summed E-state index contributed by atoms with van der Waals surface area (Å²) >= 11 is 0. The Kier molecular flexibility index (Phi) is 3.87. The van der Waals surface area contributed by atoms with E-state index in [9.17, 15) is 8.42 Å². The van der Waals surface area contributed by atoms with Gasteiger partial charge in [-0.2, -0.15) is 0 Å². The third-order valence-corrected chi connectivity index (χ3v) is 6.33. The van der Waals surface area contributed by atoms with E-state index in [2.05, 4.69) is 18.3 Å². The summed E-state index contributed by atoms with van der Waals surface area (Å²) < 4.78 is 25.0. The van der Waals surface area contributed by atoms with Crippen molar-refractivity contribution in [2.45, 2.75) is 56.4 Å². The van der Waals surface area contributed by atoms with Crippen LogP contribution in [-0.2, 0) is 22.7 Å². The van der Waals surface area contributed by atoms with Crippen LogP contribution < -0.4 is 5.32 Å². The first-order valence-corrected chi connectivity index (χ1v) is 9.39. The molecule has 1 aliphatic carbocycles. The molecule has 1 unspecified atom stereocenters. The highest BCUT2D eigenvalue weighted by atomic mass is 32.2. The van der Waals surface area contributed by atoms with E-state index in [1.807, 2.05) is 6.07 Å². The maximum atomic E-state index is 12.5. The van der Waals surface area contributed by atoms with Gasteiger partial charge in [-0.1, -0.05) is 13.0 Å². The van der Waals surface area contributed by atoms with Gasteiger partial charge < -0.3 is 5.32 Å². The minimum Gasteiger partial charge on any atom is -0.310 e. The summed E-state index contributed by atoms with van der Waals surface area (Å²) in [6.45, 7) is 3.09. The van der Waals surface area contributed by atoms with Gasteiger partial charge in [-0.15, -0.1) is 0 Å². The zero-order chi connectivity index (χ0) is 14.2. The van der Waals surface area contributed by atoms with Crippen molar-refractivity contribution >= 4 is 9.84 Å². The first-order valence-electron chi connectivity index (χ1n) is 7.73. The van der Waals surface area contributed by atoms with Crippen molar-refractivity contribution < 1.29 is 8.42 Å². The molecule has 4 heteroatoms. The molecule has 0 aromatic heterocycles. The van der Waals surface area contributed by atoms with Crippen molar-refractivity contribution in [3.05, 3.63) is 28.8 Å². The minimum absolute atomic E-state index is 0.202. The molecule has 20 heavy (non-hydrogen) atoms. The van der Waals surface area contributed by atoms with Crippen molar-refractivity contribution in [3.63, 3.8) is 0 Å². The molecule has 0 saturated carbocycles. The van der Waals surface area contributed by atoms with E-state index in [-0.39, 0.29) is 6.04 Å². The number of fused-ring (bicyclic) bond motifs is 2. The lowest BCUT2D eigenvalue weighted by atomic mass is 9.98. The van der Waals surface area contributed by atoms with Crippen LogP contribution in [0.5, 0.6) is 0 Å². The van der Waals surface area contributed by atoms with Crippen molar-refractivity contribution in [2.24, 2.45) is 0 Å². The fourth-order valence-corrected chi connectivity index (χ4v) is 5.08. The molecule has 0 radical (unpaired) electrons. The van der Waals surface area contributed by atoms with E-state index in [1.54, 1.807) is 0 Å². The van der Waals surface area contributed by atoms with E-state index in [0.717, 1.165) is 50.6 Å². The van der Waals surface area contributed by atoms with Gasteiger partial charge in [-0.3, -0.25) is 0 Å². The Bertz CT molecular complexity index is 607. The second kappa shape index (κ2) is 5.49. The minimum atomic E-state index is -3.10. The number of hydrogen-bond donors (Lipinski definition) is 1. The lowest BCUT2D eigenvalue weighted by Gasteiger charge is -2.20. The first-order chi connectivity index (χ1) is 9.62. The molecule has 0 saturated heterocycles. The molecule has 2 aliphatic rings. The molecule has 0 amide bonds. The largest absolute Gasteiger partial charge is 0.310 e. The SMILES string of the molecule is CCCNC1CCCS(=O)(=O)c2cc3c(cc21)CCC3. The first kappa shape index (κ1) is 14.1. The van der Waals surface area contributed by atoms with Crippen LogP contribution in [0.2, 0.25) is 0 Å². The fraction of sp³-hybridized carbons (Fsp3) is 0.625. The zero-order valence-corrected chi connectivity index (χ0v) is 12.9. The molecule has 3 rings (SSSR count). The van der Waals surface area contributed by atoms with Crippen LogP contribution in [0.3, 0.4) is 0 Å². The van der Waals surface area contributed by atoms with Gasteiger partial charge in [0.1, 0.15) is 0 Å². The van der Waals surface area contributed by atoms with Crippen LogP contribution in [0.4, 0.5) is 0 Å². The molecule has 1 aromatic rings. The van der Waals surface area contributed by atoms with E-state index >= 15 is 0 Å². The number of aryl methyl sites for hydroxylation is 2. The molecule has 1 heterocycles. The third kappa shape index (κ3) is 2.51. The fourth-order valence-electron chi connectivity index (χ4n) is 3.44. The Hall–Kier alpha value is -0.870. The number of rotatable bonds is 3. The second-order valence-corrected chi connectivity index (χ2v) is 8.06. The number of sulfone groups is 1. The normalized spacial score (nSPS) is 23.9. The Morgan fingerprint density at radius 1 is 1.20 bits per heavy atom. The van der Waals surface area contributed by atoms with Gasteiger partial charge in [0.15, 0.2) is 9.84 Å². The number of benzene rings is 1. The lowest BCUT2D eigenvalue weighted by molar-refractivity contribution is 0.493. The summed E-state index contributed by atoms with van der Waals surface area (Å²) in [5, 5.41) is 3.53. The average molecular weight is 293 g/mol. The van der Waals surface area contributed by atoms with Crippen LogP contribution in [0, 0.1) is 0 Å². The molecular formula is C16H23NO2S. The maximum Gasteiger partial charge on any atom is 0.178 e. The Balaban J connectivity index is 2.09. The summed E-state index contributed by atoms with van der Waals surface area (Å²) in [4.78, 5) is 0.601. The highest BCUT2D eigenvalue weighted by Gasteiger charge is 2.29. The van der Waals surface area contributed by atoms with Gasteiger partial charge in [-0.05, 0) is 67.8 Å². The quantitative estimate of drug-likeness (QED) is 0.932. The molecular weight excluding hydrogens is 270 g/mol. The predicted molar refractivity (Wildman–Crippen MR) is 80.8 cm³/mol. The maximum absolute atomic E-state index is 12.5. The van der Waals surface area contributed by atoms with Gasteiger partial charge in [0.05, 0.1) is 10.6 Å². The average Bonchev–Trinajstić information content (AvgIpc) is 2.83. The van der Waals surface area contributed by atoms with E-state index in [0.29, 0.717) is 10.6 Å². The zero-order valence-electron chi connectivity index (χ0n) is 12.1. The van der Waals surface area contributed by atoms with E-state index in [1.165, 1.54) is 11.1 Å². The molecule has 1 aliphatic heterocycles. The monoisotopic (exact) mass is 293 g/mol. The molecule has 0 spiro atoms. The smallest absolute Gasteiger partial charge is 0.178 e. The summed E-state index contributed by atoms with van der Waals surface area (Å²) in [5.74, 6) is 0.295. The van der Waals surface area contributed by atoms with Crippen LogP contribution in [0.1, 0.15) is 55.3 Å². The van der Waals surface area contributed by atoms with Crippen molar-refractivity contribution in [1.82, 2.24) is 5.32 Å². The molecule has 3 nitrogen and oxygen atoms in total. The molecule has 1 aromatic carbocycles. The topological polar surface area (TPSA) is 46.2 Å². The summed E-state index contributed by atoms with van der Waals surface area (Å²) in [6.07, 6.45) is 6.04. The van der Waals surface area contributed by atoms with Crippen molar-refractivity contribution in [3.8, 4) is 0 Å². The van der Waals surface area contributed by atoms with Gasteiger partial charge in [0.2, 0.25) is 0 Å². The van der Waals surface area contributed by atoms with Crippen LogP contribution in [0.15, 0.2) is 17.0 Å². The van der Waals surface area contributed by atoms with Gasteiger partial charge in [0, 0.05) is 6.04 Å². The number of hydrogen-bond acceptors (Lipinski definition) is 3. The second-order valence-electron chi connectivity index (χ2n) is 5.98. The molecule has 1 N–H and O–H groups in total. The molecule has 110 valence electrons. The van der Waals surface area contributed by atoms with E-state index < -0.39 is 9.84 Å². The number of nitrogens with one attached hydrogen (secondary N) is 1. The predicted octanol–water partition coefficient (Wildman–Crippen LogP) is 2.78. The highest BCUT2D eigenvalue weighted by Crippen LogP contribution is 2.36. The van der Waals surface area contributed by atoms with Gasteiger partial charge in [0.25, 0.3) is 0 Å². The van der Waals surface area contributed by atoms with Crippen LogP contribution in [0.25, 0.3) is 0 Å². The molecule has 1 atom stereocenters.